The minimum atomic E-state index is -0.608. The van der Waals surface area contributed by atoms with Gasteiger partial charge in [0.25, 0.3) is 0 Å². The Balaban J connectivity index is 1.70. The fraction of sp³-hybridized carbons (Fsp3) is 0.0625. The zero-order chi connectivity index (χ0) is 14.7. The molecule has 0 saturated heterocycles. The van der Waals surface area contributed by atoms with E-state index in [2.05, 4.69) is 15.5 Å². The monoisotopic (exact) mass is 283 g/mol. The quantitative estimate of drug-likeness (QED) is 0.686. The molecule has 3 rings (SSSR count). The Bertz CT molecular complexity index is 724. The van der Waals surface area contributed by atoms with Crippen molar-refractivity contribution in [2.45, 2.75) is 6.54 Å². The SMILES string of the molecule is Oc1c(F)cccc1CNc1ccc(-c2ccn[nH]2)cc1. The predicted octanol–water partition coefficient (Wildman–Crippen LogP) is 3.53. The molecular formula is C16H14FN3O. The molecule has 1 heterocycles. The minimum Gasteiger partial charge on any atom is -0.505 e. The number of aromatic amines is 1. The van der Waals surface area contributed by atoms with Crippen molar-refractivity contribution in [2.75, 3.05) is 5.32 Å². The third-order valence-electron chi connectivity index (χ3n) is 3.25. The van der Waals surface area contributed by atoms with Gasteiger partial charge >= 0.3 is 0 Å². The van der Waals surface area contributed by atoms with Gasteiger partial charge in [0.2, 0.25) is 0 Å². The number of nitrogens with zero attached hydrogens (tertiary/aromatic N) is 1. The summed E-state index contributed by atoms with van der Waals surface area (Å²) in [5.41, 5.74) is 3.39. The Labute approximate surface area is 121 Å². The minimum absolute atomic E-state index is 0.306. The number of hydrogen-bond donors (Lipinski definition) is 3. The molecule has 0 spiro atoms. The van der Waals surface area contributed by atoms with Crippen LogP contribution in [0.4, 0.5) is 10.1 Å². The van der Waals surface area contributed by atoms with E-state index in [1.165, 1.54) is 6.07 Å². The van der Waals surface area contributed by atoms with Crippen molar-refractivity contribution in [1.29, 1.82) is 0 Å². The number of rotatable bonds is 4. The second kappa shape index (κ2) is 5.66. The lowest BCUT2D eigenvalue weighted by Crippen LogP contribution is -2.00. The van der Waals surface area contributed by atoms with Crippen LogP contribution >= 0.6 is 0 Å². The number of phenols is 1. The van der Waals surface area contributed by atoms with E-state index in [-0.39, 0.29) is 5.75 Å². The lowest BCUT2D eigenvalue weighted by molar-refractivity contribution is 0.427. The van der Waals surface area contributed by atoms with Gasteiger partial charge in [-0.2, -0.15) is 5.10 Å². The van der Waals surface area contributed by atoms with Gasteiger partial charge < -0.3 is 10.4 Å². The van der Waals surface area contributed by atoms with Crippen molar-refractivity contribution >= 4 is 5.69 Å². The average molecular weight is 283 g/mol. The summed E-state index contributed by atoms with van der Waals surface area (Å²) in [7, 11) is 0. The fourth-order valence-electron chi connectivity index (χ4n) is 2.08. The number of aromatic hydroxyl groups is 1. The van der Waals surface area contributed by atoms with Gasteiger partial charge in [0.15, 0.2) is 11.6 Å². The highest BCUT2D eigenvalue weighted by Gasteiger charge is 2.06. The van der Waals surface area contributed by atoms with Crippen molar-refractivity contribution in [3.05, 3.63) is 66.1 Å². The van der Waals surface area contributed by atoms with Crippen molar-refractivity contribution in [2.24, 2.45) is 0 Å². The smallest absolute Gasteiger partial charge is 0.165 e. The number of H-pyrrole nitrogens is 1. The Morgan fingerprint density at radius 3 is 2.62 bits per heavy atom. The van der Waals surface area contributed by atoms with Crippen LogP contribution in [0.3, 0.4) is 0 Å². The van der Waals surface area contributed by atoms with Crippen molar-refractivity contribution in [3.8, 4) is 17.0 Å². The number of para-hydroxylation sites is 1. The van der Waals surface area contributed by atoms with Gasteiger partial charge in [0.05, 0.1) is 5.69 Å². The van der Waals surface area contributed by atoms with E-state index in [0.717, 1.165) is 16.9 Å². The van der Waals surface area contributed by atoms with E-state index in [4.69, 9.17) is 0 Å². The molecule has 0 bridgehead atoms. The van der Waals surface area contributed by atoms with Crippen molar-refractivity contribution in [3.63, 3.8) is 0 Å². The first-order valence-corrected chi connectivity index (χ1v) is 6.54. The molecule has 21 heavy (non-hydrogen) atoms. The van der Waals surface area contributed by atoms with E-state index in [1.54, 1.807) is 18.3 Å². The molecule has 106 valence electrons. The standard InChI is InChI=1S/C16H14FN3O/c17-14-3-1-2-12(16(14)21)10-18-13-6-4-11(5-7-13)15-8-9-19-20-15/h1-9,18,21H,10H2,(H,19,20). The van der Waals surface area contributed by atoms with Crippen LogP contribution in [0.25, 0.3) is 11.3 Å². The number of anilines is 1. The van der Waals surface area contributed by atoms with E-state index >= 15 is 0 Å². The van der Waals surface area contributed by atoms with Gasteiger partial charge in [-0.25, -0.2) is 4.39 Å². The Morgan fingerprint density at radius 2 is 1.90 bits per heavy atom. The second-order valence-electron chi connectivity index (χ2n) is 4.65. The Hall–Kier alpha value is -2.82. The lowest BCUT2D eigenvalue weighted by Gasteiger charge is -2.09. The van der Waals surface area contributed by atoms with Crippen LogP contribution in [-0.4, -0.2) is 15.3 Å². The van der Waals surface area contributed by atoms with Crippen LogP contribution in [0.5, 0.6) is 5.75 Å². The molecule has 3 N–H and O–H groups in total. The normalized spacial score (nSPS) is 10.5. The average Bonchev–Trinajstić information content (AvgIpc) is 3.04. The van der Waals surface area contributed by atoms with Gasteiger partial charge in [0, 0.05) is 24.0 Å². The summed E-state index contributed by atoms with van der Waals surface area (Å²) in [5, 5.41) is 19.6. The zero-order valence-corrected chi connectivity index (χ0v) is 11.2. The summed E-state index contributed by atoms with van der Waals surface area (Å²) >= 11 is 0. The Kier molecular flexibility index (Phi) is 3.55. The van der Waals surface area contributed by atoms with Crippen LogP contribution in [-0.2, 0) is 6.54 Å². The number of nitrogens with one attached hydrogen (secondary N) is 2. The topological polar surface area (TPSA) is 60.9 Å². The van der Waals surface area contributed by atoms with E-state index < -0.39 is 5.82 Å². The van der Waals surface area contributed by atoms with Crippen molar-refractivity contribution < 1.29 is 9.50 Å². The number of benzene rings is 2. The fourth-order valence-corrected chi connectivity index (χ4v) is 2.08. The molecule has 4 nitrogen and oxygen atoms in total. The molecule has 0 amide bonds. The summed E-state index contributed by atoms with van der Waals surface area (Å²) in [5.74, 6) is -0.914. The number of phenolic OH excluding ortho intramolecular Hbond substituents is 1. The number of hydrogen-bond acceptors (Lipinski definition) is 3. The third-order valence-corrected chi connectivity index (χ3v) is 3.25. The Morgan fingerprint density at radius 1 is 1.10 bits per heavy atom. The maximum absolute atomic E-state index is 13.2. The van der Waals surface area contributed by atoms with Gasteiger partial charge in [-0.05, 0) is 29.8 Å². The third kappa shape index (κ3) is 2.86. The molecule has 0 atom stereocenters. The van der Waals surface area contributed by atoms with Gasteiger partial charge in [-0.15, -0.1) is 0 Å². The highest BCUT2D eigenvalue weighted by Crippen LogP contribution is 2.23. The molecule has 0 fully saturated rings. The van der Waals surface area contributed by atoms with E-state index in [0.29, 0.717) is 12.1 Å². The first-order valence-electron chi connectivity index (χ1n) is 6.54. The van der Waals surface area contributed by atoms with Crippen LogP contribution in [0.1, 0.15) is 5.56 Å². The zero-order valence-electron chi connectivity index (χ0n) is 11.2. The number of aromatic nitrogens is 2. The van der Waals surface area contributed by atoms with E-state index in [1.807, 2.05) is 30.3 Å². The molecule has 0 radical (unpaired) electrons. The largest absolute Gasteiger partial charge is 0.505 e. The first kappa shape index (κ1) is 13.2. The van der Waals surface area contributed by atoms with Crippen LogP contribution in [0.2, 0.25) is 0 Å². The molecule has 1 aromatic heterocycles. The summed E-state index contributed by atoms with van der Waals surface area (Å²) in [6.07, 6.45) is 1.70. The molecular weight excluding hydrogens is 269 g/mol. The highest BCUT2D eigenvalue weighted by molar-refractivity contribution is 5.62. The summed E-state index contributed by atoms with van der Waals surface area (Å²) in [6.45, 7) is 0.354. The van der Waals surface area contributed by atoms with Gasteiger partial charge in [-0.1, -0.05) is 24.3 Å². The van der Waals surface area contributed by atoms with E-state index in [9.17, 15) is 9.50 Å². The molecule has 2 aromatic carbocycles. The van der Waals surface area contributed by atoms with Crippen LogP contribution in [0.15, 0.2) is 54.7 Å². The van der Waals surface area contributed by atoms with Gasteiger partial charge in [-0.3, -0.25) is 5.10 Å². The molecule has 3 aromatic rings. The molecule has 0 aliphatic carbocycles. The molecule has 0 aliphatic heterocycles. The maximum atomic E-state index is 13.2. The molecule has 5 heteroatoms. The molecule has 0 saturated carbocycles. The van der Waals surface area contributed by atoms with Crippen LogP contribution in [0, 0.1) is 5.82 Å². The number of halogens is 1. The summed E-state index contributed by atoms with van der Waals surface area (Å²) < 4.78 is 13.2. The molecule has 0 aliphatic rings. The van der Waals surface area contributed by atoms with Crippen LogP contribution < -0.4 is 5.32 Å². The predicted molar refractivity (Wildman–Crippen MR) is 79.4 cm³/mol. The van der Waals surface area contributed by atoms with Gasteiger partial charge in [0.1, 0.15) is 0 Å². The van der Waals surface area contributed by atoms with Crippen molar-refractivity contribution in [1.82, 2.24) is 10.2 Å². The maximum Gasteiger partial charge on any atom is 0.165 e. The second-order valence-corrected chi connectivity index (χ2v) is 4.65. The molecule has 0 unspecified atom stereocenters. The lowest BCUT2D eigenvalue weighted by atomic mass is 10.1. The first-order chi connectivity index (χ1) is 10.2. The highest BCUT2D eigenvalue weighted by atomic mass is 19.1. The summed E-state index contributed by atoms with van der Waals surface area (Å²) in [4.78, 5) is 0. The summed E-state index contributed by atoms with van der Waals surface area (Å²) in [6, 6.07) is 14.2.